The van der Waals surface area contributed by atoms with Crippen molar-refractivity contribution < 1.29 is 18.7 Å². The molecule has 0 bridgehead atoms. The number of rotatable bonds is 1. The summed E-state index contributed by atoms with van der Waals surface area (Å²) in [5, 5.41) is 8.48. The first-order valence-corrected chi connectivity index (χ1v) is 4.37. The molecule has 0 radical (unpaired) electrons. The van der Waals surface area contributed by atoms with Gasteiger partial charge in [-0.1, -0.05) is 11.8 Å². The van der Waals surface area contributed by atoms with Crippen molar-refractivity contribution in [3.8, 4) is 11.8 Å². The molecule has 0 saturated heterocycles. The number of benzene rings is 1. The van der Waals surface area contributed by atoms with E-state index >= 15 is 0 Å². The lowest BCUT2D eigenvalue weighted by Gasteiger charge is -1.99. The van der Waals surface area contributed by atoms with Crippen LogP contribution in [0.25, 0.3) is 0 Å². The van der Waals surface area contributed by atoms with Crippen LogP contribution in [0.15, 0.2) is 12.1 Å². The summed E-state index contributed by atoms with van der Waals surface area (Å²) in [5.41, 5.74) is -0.929. The van der Waals surface area contributed by atoms with E-state index in [1.807, 2.05) is 0 Å². The molecule has 1 aromatic carbocycles. The summed E-state index contributed by atoms with van der Waals surface area (Å²) in [6.45, 7) is 0. The standard InChI is InChI=1S/C10H5ClF2O2/c11-3-1-2-6-4-7(12)9(10(14)15)8(13)5-6/h4-5H,3H2,(H,14,15). The van der Waals surface area contributed by atoms with Crippen molar-refractivity contribution in [3.63, 3.8) is 0 Å². The lowest BCUT2D eigenvalue weighted by molar-refractivity contribution is 0.0686. The molecule has 5 heteroatoms. The van der Waals surface area contributed by atoms with E-state index in [1.165, 1.54) is 0 Å². The monoisotopic (exact) mass is 230 g/mol. The van der Waals surface area contributed by atoms with Gasteiger partial charge in [-0.25, -0.2) is 13.6 Å². The molecule has 0 aromatic heterocycles. The van der Waals surface area contributed by atoms with Gasteiger partial charge in [0, 0.05) is 5.56 Å². The summed E-state index contributed by atoms with van der Waals surface area (Å²) >= 11 is 5.26. The highest BCUT2D eigenvalue weighted by atomic mass is 35.5. The van der Waals surface area contributed by atoms with Crippen LogP contribution in [0.1, 0.15) is 15.9 Å². The normalized spacial score (nSPS) is 9.27. The van der Waals surface area contributed by atoms with E-state index in [0.29, 0.717) is 0 Å². The maximum Gasteiger partial charge on any atom is 0.341 e. The number of hydrogen-bond donors (Lipinski definition) is 1. The minimum Gasteiger partial charge on any atom is -0.477 e. The summed E-state index contributed by atoms with van der Waals surface area (Å²) < 4.78 is 26.1. The minimum absolute atomic E-state index is 0.0317. The predicted octanol–water partition coefficient (Wildman–Crippen LogP) is 2.25. The third kappa shape index (κ3) is 2.67. The Morgan fingerprint density at radius 1 is 1.40 bits per heavy atom. The fourth-order valence-electron chi connectivity index (χ4n) is 0.985. The molecule has 0 fully saturated rings. The number of carbonyl (C=O) groups is 1. The fourth-order valence-corrected chi connectivity index (χ4v) is 1.05. The zero-order chi connectivity index (χ0) is 11.4. The molecule has 0 amide bonds. The van der Waals surface area contributed by atoms with Gasteiger partial charge in [-0.2, -0.15) is 0 Å². The molecule has 1 aromatic rings. The van der Waals surface area contributed by atoms with Gasteiger partial charge in [-0.3, -0.25) is 0 Å². The van der Waals surface area contributed by atoms with Gasteiger partial charge in [-0.05, 0) is 12.1 Å². The first-order valence-electron chi connectivity index (χ1n) is 3.83. The van der Waals surface area contributed by atoms with Crippen molar-refractivity contribution >= 4 is 17.6 Å². The summed E-state index contributed by atoms with van der Waals surface area (Å²) in [6, 6.07) is 1.71. The van der Waals surface area contributed by atoms with Gasteiger partial charge in [0.25, 0.3) is 0 Å². The Morgan fingerprint density at radius 3 is 2.33 bits per heavy atom. The summed E-state index contributed by atoms with van der Waals surface area (Å²) in [6.07, 6.45) is 0. The molecule has 1 N–H and O–H groups in total. The zero-order valence-corrected chi connectivity index (χ0v) is 8.11. The second kappa shape index (κ2) is 4.76. The first-order chi connectivity index (χ1) is 7.06. The van der Waals surface area contributed by atoms with Crippen molar-refractivity contribution in [2.24, 2.45) is 0 Å². The first kappa shape index (κ1) is 11.5. The molecule has 15 heavy (non-hydrogen) atoms. The van der Waals surface area contributed by atoms with Crippen LogP contribution in [0.3, 0.4) is 0 Å². The summed E-state index contributed by atoms with van der Waals surface area (Å²) in [4.78, 5) is 10.4. The van der Waals surface area contributed by atoms with Gasteiger partial charge in [0.15, 0.2) is 0 Å². The molecule has 0 spiro atoms. The van der Waals surface area contributed by atoms with Crippen LogP contribution in [0.5, 0.6) is 0 Å². The molecule has 0 saturated carbocycles. The van der Waals surface area contributed by atoms with Crippen LogP contribution in [0.4, 0.5) is 8.78 Å². The predicted molar refractivity (Wildman–Crippen MR) is 50.9 cm³/mol. The molecular formula is C10H5ClF2O2. The average molecular weight is 231 g/mol. The minimum atomic E-state index is -1.65. The molecule has 0 aliphatic heterocycles. The maximum atomic E-state index is 13.1. The van der Waals surface area contributed by atoms with E-state index in [0.717, 1.165) is 12.1 Å². The molecule has 0 atom stereocenters. The Bertz CT molecular complexity index is 437. The van der Waals surface area contributed by atoms with Crippen LogP contribution in [-0.2, 0) is 0 Å². The van der Waals surface area contributed by atoms with E-state index in [1.54, 1.807) is 0 Å². The fraction of sp³-hybridized carbons (Fsp3) is 0.100. The van der Waals surface area contributed by atoms with Crippen molar-refractivity contribution in [1.82, 2.24) is 0 Å². The molecule has 78 valence electrons. The second-order valence-electron chi connectivity index (χ2n) is 2.56. The number of hydrogen-bond acceptors (Lipinski definition) is 1. The summed E-state index contributed by atoms with van der Waals surface area (Å²) in [5.74, 6) is 0.867. The summed E-state index contributed by atoms with van der Waals surface area (Å²) in [7, 11) is 0. The number of carboxylic acids is 1. The van der Waals surface area contributed by atoms with Gasteiger partial charge >= 0.3 is 5.97 Å². The van der Waals surface area contributed by atoms with E-state index in [9.17, 15) is 13.6 Å². The lowest BCUT2D eigenvalue weighted by atomic mass is 10.1. The SMILES string of the molecule is O=C(O)c1c(F)cc(C#CCCl)cc1F. The largest absolute Gasteiger partial charge is 0.477 e. The quantitative estimate of drug-likeness (QED) is 0.594. The van der Waals surface area contributed by atoms with Gasteiger partial charge in [0.1, 0.15) is 17.2 Å². The lowest BCUT2D eigenvalue weighted by Crippen LogP contribution is -2.05. The molecule has 0 unspecified atom stereocenters. The maximum absolute atomic E-state index is 13.1. The van der Waals surface area contributed by atoms with Crippen LogP contribution >= 0.6 is 11.6 Å². The van der Waals surface area contributed by atoms with Crippen LogP contribution in [0.2, 0.25) is 0 Å². The Kier molecular flexibility index (Phi) is 3.64. The Balaban J connectivity index is 3.25. The van der Waals surface area contributed by atoms with Crippen LogP contribution in [0, 0.1) is 23.5 Å². The zero-order valence-electron chi connectivity index (χ0n) is 7.35. The highest BCUT2D eigenvalue weighted by Gasteiger charge is 2.16. The number of halogens is 3. The van der Waals surface area contributed by atoms with Gasteiger partial charge in [0.05, 0.1) is 5.88 Å². The van der Waals surface area contributed by atoms with E-state index in [-0.39, 0.29) is 11.4 Å². The third-order valence-corrected chi connectivity index (χ3v) is 1.69. The highest BCUT2D eigenvalue weighted by Crippen LogP contribution is 2.14. The van der Waals surface area contributed by atoms with Crippen molar-refractivity contribution in [2.45, 2.75) is 0 Å². The van der Waals surface area contributed by atoms with Crippen molar-refractivity contribution in [3.05, 3.63) is 34.9 Å². The molecule has 0 aliphatic carbocycles. The molecular weight excluding hydrogens is 226 g/mol. The smallest absolute Gasteiger partial charge is 0.341 e. The van der Waals surface area contributed by atoms with Crippen molar-refractivity contribution in [2.75, 3.05) is 5.88 Å². The van der Waals surface area contributed by atoms with E-state index in [4.69, 9.17) is 16.7 Å². The molecule has 0 aliphatic rings. The van der Waals surface area contributed by atoms with Crippen LogP contribution in [-0.4, -0.2) is 17.0 Å². The number of alkyl halides is 1. The Hall–Kier alpha value is -1.60. The molecule has 2 nitrogen and oxygen atoms in total. The average Bonchev–Trinajstić information content (AvgIpc) is 2.12. The van der Waals surface area contributed by atoms with Crippen LogP contribution < -0.4 is 0 Å². The second-order valence-corrected chi connectivity index (χ2v) is 2.82. The topological polar surface area (TPSA) is 37.3 Å². The Morgan fingerprint density at radius 2 is 1.93 bits per heavy atom. The van der Waals surface area contributed by atoms with Gasteiger partial charge in [-0.15, -0.1) is 11.6 Å². The number of aromatic carboxylic acids is 1. The van der Waals surface area contributed by atoms with Gasteiger partial charge < -0.3 is 5.11 Å². The van der Waals surface area contributed by atoms with Gasteiger partial charge in [0.2, 0.25) is 0 Å². The third-order valence-electron chi connectivity index (χ3n) is 1.56. The van der Waals surface area contributed by atoms with E-state index < -0.39 is 23.2 Å². The number of carboxylic acid groups (broad SMARTS) is 1. The molecule has 1 rings (SSSR count). The van der Waals surface area contributed by atoms with E-state index in [2.05, 4.69) is 11.8 Å². The Labute approximate surface area is 89.5 Å². The van der Waals surface area contributed by atoms with Crippen molar-refractivity contribution in [1.29, 1.82) is 0 Å². The molecule has 0 heterocycles. The highest BCUT2D eigenvalue weighted by molar-refractivity contribution is 6.19.